The van der Waals surface area contributed by atoms with Crippen LogP contribution in [-0.2, 0) is 0 Å². The number of carbonyl (C=O) groups excluding carboxylic acids is 1. The Kier molecular flexibility index (Phi) is 4.40. The first-order chi connectivity index (χ1) is 10.0. The molecule has 0 bridgehead atoms. The third kappa shape index (κ3) is 3.12. The fraction of sp³-hybridized carbons (Fsp3) is 0.571. The van der Waals surface area contributed by atoms with Crippen molar-refractivity contribution in [3.63, 3.8) is 0 Å². The molecule has 7 nitrogen and oxygen atoms in total. The molecule has 7 heteroatoms. The van der Waals surface area contributed by atoms with Crippen molar-refractivity contribution in [2.24, 2.45) is 5.41 Å². The van der Waals surface area contributed by atoms with Crippen LogP contribution in [0.5, 0.6) is 0 Å². The molecule has 0 aromatic carbocycles. The molecule has 0 atom stereocenters. The average molecular weight is 292 g/mol. The molecule has 1 saturated carbocycles. The van der Waals surface area contributed by atoms with Gasteiger partial charge in [0.15, 0.2) is 0 Å². The van der Waals surface area contributed by atoms with E-state index >= 15 is 0 Å². The molecule has 1 aliphatic carbocycles. The highest BCUT2D eigenvalue weighted by Crippen LogP contribution is 2.43. The van der Waals surface area contributed by atoms with E-state index in [0.717, 1.165) is 25.5 Å². The Morgan fingerprint density at radius 1 is 1.52 bits per heavy atom. The number of nitrogens with one attached hydrogen (secondary N) is 2. The normalized spacial score (nSPS) is 15.9. The highest BCUT2D eigenvalue weighted by atomic mass is 16.6. The van der Waals surface area contributed by atoms with Gasteiger partial charge in [0.2, 0.25) is 0 Å². The van der Waals surface area contributed by atoms with Crippen molar-refractivity contribution in [1.82, 2.24) is 10.3 Å². The molecule has 21 heavy (non-hydrogen) atoms. The van der Waals surface area contributed by atoms with Crippen LogP contribution in [0.15, 0.2) is 12.3 Å². The van der Waals surface area contributed by atoms with Crippen LogP contribution >= 0.6 is 0 Å². The molecular weight excluding hydrogens is 272 g/mol. The number of carbonyl (C=O) groups is 1. The summed E-state index contributed by atoms with van der Waals surface area (Å²) in [7, 11) is 1.63. The smallest absolute Gasteiger partial charge is 0.288 e. The van der Waals surface area contributed by atoms with Gasteiger partial charge in [-0.1, -0.05) is 13.3 Å². The highest BCUT2D eigenvalue weighted by Gasteiger charge is 2.35. The van der Waals surface area contributed by atoms with E-state index in [1.807, 2.05) is 0 Å². The quantitative estimate of drug-likeness (QED) is 0.619. The minimum absolute atomic E-state index is 0.187. The van der Waals surface area contributed by atoms with Gasteiger partial charge in [-0.3, -0.25) is 14.9 Å². The zero-order chi connectivity index (χ0) is 15.5. The lowest BCUT2D eigenvalue weighted by atomic mass is 9.67. The van der Waals surface area contributed by atoms with Crippen molar-refractivity contribution < 1.29 is 9.72 Å². The maximum atomic E-state index is 12.3. The molecule has 114 valence electrons. The number of pyridine rings is 1. The Bertz CT molecular complexity index is 550. The van der Waals surface area contributed by atoms with Gasteiger partial charge in [0.1, 0.15) is 12.0 Å². The number of hydrogen-bond acceptors (Lipinski definition) is 5. The summed E-state index contributed by atoms with van der Waals surface area (Å²) in [5.74, 6) is 0.0209. The van der Waals surface area contributed by atoms with Crippen LogP contribution in [0.2, 0.25) is 0 Å². The lowest BCUT2D eigenvalue weighted by molar-refractivity contribution is -0.385. The summed E-state index contributed by atoms with van der Waals surface area (Å²) in [6.07, 6.45) is 5.61. The van der Waals surface area contributed by atoms with E-state index in [0.29, 0.717) is 12.4 Å². The van der Waals surface area contributed by atoms with E-state index in [4.69, 9.17) is 0 Å². The largest absolute Gasteiger partial charge is 0.372 e. The predicted molar refractivity (Wildman–Crippen MR) is 79.3 cm³/mol. The molecule has 1 fully saturated rings. The second kappa shape index (κ2) is 6.07. The van der Waals surface area contributed by atoms with E-state index < -0.39 is 4.92 Å². The standard InChI is InChI=1S/C14H20N4O3/c1-3-14(5-4-6-14)9-17-13(19)11-7-10(18(20)21)8-16-12(11)15-2/h7-8H,3-6,9H2,1-2H3,(H,15,16)(H,17,19). The first kappa shape index (κ1) is 15.2. The molecule has 1 aliphatic rings. The second-order valence-electron chi connectivity index (χ2n) is 5.49. The Hall–Kier alpha value is -2.18. The Morgan fingerprint density at radius 2 is 2.24 bits per heavy atom. The zero-order valence-electron chi connectivity index (χ0n) is 12.3. The van der Waals surface area contributed by atoms with Crippen molar-refractivity contribution in [1.29, 1.82) is 0 Å². The summed E-state index contributed by atoms with van der Waals surface area (Å²) in [5, 5.41) is 16.5. The third-order valence-electron chi connectivity index (χ3n) is 4.35. The molecule has 0 spiro atoms. The molecule has 1 heterocycles. The first-order valence-electron chi connectivity index (χ1n) is 7.12. The van der Waals surface area contributed by atoms with Gasteiger partial charge in [-0.25, -0.2) is 4.98 Å². The second-order valence-corrected chi connectivity index (χ2v) is 5.49. The van der Waals surface area contributed by atoms with Crippen molar-refractivity contribution in [2.75, 3.05) is 18.9 Å². The Balaban J connectivity index is 2.13. The fourth-order valence-electron chi connectivity index (χ4n) is 2.62. The van der Waals surface area contributed by atoms with Gasteiger partial charge in [-0.2, -0.15) is 0 Å². The Morgan fingerprint density at radius 3 is 2.71 bits per heavy atom. The van der Waals surface area contributed by atoms with Gasteiger partial charge < -0.3 is 10.6 Å². The van der Waals surface area contributed by atoms with E-state index in [1.165, 1.54) is 12.5 Å². The van der Waals surface area contributed by atoms with Gasteiger partial charge in [0, 0.05) is 19.7 Å². The van der Waals surface area contributed by atoms with Crippen molar-refractivity contribution in [3.05, 3.63) is 27.9 Å². The molecule has 0 unspecified atom stereocenters. The monoisotopic (exact) mass is 292 g/mol. The SMILES string of the molecule is CCC1(CNC(=O)c2cc([N+](=O)[O-])cnc2NC)CCC1. The number of hydrogen-bond donors (Lipinski definition) is 2. The van der Waals surface area contributed by atoms with Gasteiger partial charge in [0.25, 0.3) is 11.6 Å². The van der Waals surface area contributed by atoms with Gasteiger partial charge >= 0.3 is 0 Å². The molecule has 0 radical (unpaired) electrons. The summed E-state index contributed by atoms with van der Waals surface area (Å²) in [6, 6.07) is 1.26. The topological polar surface area (TPSA) is 97.2 Å². The highest BCUT2D eigenvalue weighted by molar-refractivity contribution is 5.99. The lowest BCUT2D eigenvalue weighted by Gasteiger charge is -2.41. The maximum Gasteiger partial charge on any atom is 0.288 e. The van der Waals surface area contributed by atoms with Gasteiger partial charge in [0.05, 0.1) is 10.5 Å². The van der Waals surface area contributed by atoms with Crippen LogP contribution in [0, 0.1) is 15.5 Å². The van der Waals surface area contributed by atoms with Crippen molar-refractivity contribution >= 4 is 17.4 Å². The number of rotatable bonds is 6. The van der Waals surface area contributed by atoms with E-state index in [-0.39, 0.29) is 22.6 Å². The maximum absolute atomic E-state index is 12.3. The zero-order valence-corrected chi connectivity index (χ0v) is 12.3. The number of nitro groups is 1. The van der Waals surface area contributed by atoms with Crippen molar-refractivity contribution in [3.8, 4) is 0 Å². The molecule has 2 rings (SSSR count). The van der Waals surface area contributed by atoms with Crippen LogP contribution < -0.4 is 10.6 Å². The summed E-state index contributed by atoms with van der Waals surface area (Å²) in [5.41, 5.74) is 0.217. The number of nitrogens with zero attached hydrogens (tertiary/aromatic N) is 2. The van der Waals surface area contributed by atoms with Crippen LogP contribution in [0.4, 0.5) is 11.5 Å². The van der Waals surface area contributed by atoms with Crippen LogP contribution in [0.1, 0.15) is 43.0 Å². The van der Waals surface area contributed by atoms with Gasteiger partial charge in [-0.05, 0) is 24.7 Å². The van der Waals surface area contributed by atoms with E-state index in [2.05, 4.69) is 22.5 Å². The molecule has 1 amide bonds. The molecule has 0 aliphatic heterocycles. The van der Waals surface area contributed by atoms with E-state index in [9.17, 15) is 14.9 Å². The number of aromatic nitrogens is 1. The minimum atomic E-state index is -0.553. The third-order valence-corrected chi connectivity index (χ3v) is 4.35. The number of anilines is 1. The molecule has 0 saturated heterocycles. The van der Waals surface area contributed by atoms with Crippen molar-refractivity contribution in [2.45, 2.75) is 32.6 Å². The average Bonchev–Trinajstić information content (AvgIpc) is 2.45. The molecule has 1 aromatic rings. The summed E-state index contributed by atoms with van der Waals surface area (Å²) in [6.45, 7) is 2.73. The van der Waals surface area contributed by atoms with E-state index in [1.54, 1.807) is 7.05 Å². The molecular formula is C14H20N4O3. The predicted octanol–water partition coefficient (Wildman–Crippen LogP) is 2.34. The van der Waals surface area contributed by atoms with Crippen LogP contribution in [0.3, 0.4) is 0 Å². The minimum Gasteiger partial charge on any atom is -0.372 e. The van der Waals surface area contributed by atoms with Crippen LogP contribution in [-0.4, -0.2) is 29.4 Å². The first-order valence-corrected chi connectivity index (χ1v) is 7.12. The van der Waals surface area contributed by atoms with Crippen LogP contribution in [0.25, 0.3) is 0 Å². The summed E-state index contributed by atoms with van der Waals surface area (Å²) in [4.78, 5) is 26.5. The summed E-state index contributed by atoms with van der Waals surface area (Å²) < 4.78 is 0. The lowest BCUT2D eigenvalue weighted by Crippen LogP contribution is -2.41. The van der Waals surface area contributed by atoms with Gasteiger partial charge in [-0.15, -0.1) is 0 Å². The molecule has 2 N–H and O–H groups in total. The Labute approximate surface area is 123 Å². The molecule has 1 aromatic heterocycles. The fourth-order valence-corrected chi connectivity index (χ4v) is 2.62. The summed E-state index contributed by atoms with van der Waals surface area (Å²) >= 11 is 0. The number of amides is 1.